The maximum atomic E-state index is 12.5. The third-order valence-corrected chi connectivity index (χ3v) is 11.1. The fraction of sp³-hybridized carbons (Fsp3) is 0.556. The number of benzene rings is 2. The lowest BCUT2D eigenvalue weighted by molar-refractivity contribution is -0.145. The van der Waals surface area contributed by atoms with Gasteiger partial charge in [0.25, 0.3) is 0 Å². The molecule has 0 radical (unpaired) electrons. The molecule has 42 heavy (non-hydrogen) atoms. The van der Waals surface area contributed by atoms with Gasteiger partial charge in [0.1, 0.15) is 6.04 Å². The highest BCUT2D eigenvalue weighted by Gasteiger charge is 2.42. The lowest BCUT2D eigenvalue weighted by Crippen LogP contribution is -2.45. The Hall–Kier alpha value is -2.54. The molecule has 0 amide bonds. The number of hydrogen-bond acceptors (Lipinski definition) is 5. The molecule has 0 spiro atoms. The zero-order valence-corrected chi connectivity index (χ0v) is 26.8. The second-order valence-corrected chi connectivity index (χ2v) is 13.7. The number of aliphatic carboxylic acids is 1. The Labute approximate surface area is 257 Å². The maximum Gasteiger partial charge on any atom is 0.321 e. The second-order valence-electron chi connectivity index (χ2n) is 12.6. The van der Waals surface area contributed by atoms with Crippen LogP contribution in [0.15, 0.2) is 54.6 Å². The van der Waals surface area contributed by atoms with Crippen LogP contribution in [0.5, 0.6) is 0 Å². The number of rotatable bonds is 12. The second kappa shape index (κ2) is 14.3. The molecular weight excluding hydrogens is 538 g/mol. The summed E-state index contributed by atoms with van der Waals surface area (Å²) >= 11 is 1.94. The fourth-order valence-corrected chi connectivity index (χ4v) is 8.89. The number of likely N-dealkylation sites (tertiary alicyclic amines) is 2. The van der Waals surface area contributed by atoms with E-state index in [1.54, 1.807) is 0 Å². The molecular formula is C36H49N3O2S. The van der Waals surface area contributed by atoms with Crippen molar-refractivity contribution in [3.05, 3.63) is 86.9 Å². The topological polar surface area (TPSA) is 56.7 Å². The van der Waals surface area contributed by atoms with Crippen LogP contribution in [0.4, 0.5) is 0 Å². The van der Waals surface area contributed by atoms with Crippen molar-refractivity contribution in [2.45, 2.75) is 84.1 Å². The van der Waals surface area contributed by atoms with E-state index in [2.05, 4.69) is 92.1 Å². The van der Waals surface area contributed by atoms with Gasteiger partial charge in [-0.15, -0.1) is 11.3 Å². The lowest BCUT2D eigenvalue weighted by atomic mass is 9.86. The standard InChI is InChI=1S/C36H49N3O2S/c1-5-27(6-2)34(36(40)41)39-23-30(31(24-39)29-15-11-12-25(4)20-29)22-38-18-16-28(17-19-38)35-32(7-3)37-33(42-35)21-26-13-9-8-10-14-26/h8-15,20,27-28,30-31,34H,5-7,16-19,21-24H2,1-4H3,(H,40,41)/t30-,31+,34-/m0/s1. The van der Waals surface area contributed by atoms with Gasteiger partial charge in [-0.2, -0.15) is 0 Å². The minimum absolute atomic E-state index is 0.189. The molecule has 1 N–H and O–H groups in total. The minimum atomic E-state index is -0.656. The number of carbonyl (C=O) groups is 1. The first-order valence-electron chi connectivity index (χ1n) is 16.2. The van der Waals surface area contributed by atoms with Gasteiger partial charge in [0.2, 0.25) is 0 Å². The lowest BCUT2D eigenvalue weighted by Gasteiger charge is -2.35. The average Bonchev–Trinajstić information content (AvgIpc) is 3.60. The van der Waals surface area contributed by atoms with Crippen molar-refractivity contribution in [2.24, 2.45) is 11.8 Å². The first kappa shape index (κ1) is 30.9. The van der Waals surface area contributed by atoms with Crippen molar-refractivity contribution in [3.63, 3.8) is 0 Å². The number of thiazole rings is 1. The molecule has 2 aliphatic rings. The SMILES string of the molecule is CCc1nc(Cc2ccccc2)sc1C1CCN(C[C@H]2CN([C@H](C(=O)O)C(CC)CC)C[C@@H]2c2cccc(C)c2)CC1. The maximum absolute atomic E-state index is 12.5. The number of nitrogens with zero attached hydrogens (tertiary/aromatic N) is 3. The van der Waals surface area contributed by atoms with Crippen LogP contribution in [0.3, 0.4) is 0 Å². The Kier molecular flexibility index (Phi) is 10.5. The van der Waals surface area contributed by atoms with Gasteiger partial charge in [-0.3, -0.25) is 9.69 Å². The molecule has 2 aliphatic heterocycles. The summed E-state index contributed by atoms with van der Waals surface area (Å²) in [5.74, 6) is 0.932. The van der Waals surface area contributed by atoms with Crippen LogP contribution in [-0.2, 0) is 17.6 Å². The van der Waals surface area contributed by atoms with Gasteiger partial charge in [0.05, 0.1) is 10.7 Å². The van der Waals surface area contributed by atoms with Gasteiger partial charge in [-0.1, -0.05) is 93.8 Å². The molecule has 2 aromatic carbocycles. The van der Waals surface area contributed by atoms with Crippen molar-refractivity contribution < 1.29 is 9.90 Å². The van der Waals surface area contributed by atoms with E-state index in [9.17, 15) is 9.90 Å². The first-order chi connectivity index (χ1) is 20.4. The van der Waals surface area contributed by atoms with Crippen LogP contribution in [0.25, 0.3) is 0 Å². The summed E-state index contributed by atoms with van der Waals surface area (Å²) < 4.78 is 0. The molecule has 6 heteroatoms. The number of carboxylic acids is 1. The predicted octanol–water partition coefficient (Wildman–Crippen LogP) is 7.39. The Morgan fingerprint density at radius 3 is 2.40 bits per heavy atom. The van der Waals surface area contributed by atoms with Crippen molar-refractivity contribution in [1.82, 2.24) is 14.8 Å². The number of hydrogen-bond donors (Lipinski definition) is 1. The van der Waals surface area contributed by atoms with Crippen molar-refractivity contribution in [1.29, 1.82) is 0 Å². The van der Waals surface area contributed by atoms with Crippen LogP contribution in [0.1, 0.15) is 90.6 Å². The summed E-state index contributed by atoms with van der Waals surface area (Å²) in [7, 11) is 0. The summed E-state index contributed by atoms with van der Waals surface area (Å²) in [6.07, 6.45) is 6.08. The Bertz CT molecular complexity index is 1300. The minimum Gasteiger partial charge on any atom is -0.480 e. The Morgan fingerprint density at radius 2 is 1.76 bits per heavy atom. The van der Waals surface area contributed by atoms with Crippen LogP contribution < -0.4 is 0 Å². The van der Waals surface area contributed by atoms with Gasteiger partial charge in [0.15, 0.2) is 0 Å². The molecule has 1 aromatic heterocycles. The van der Waals surface area contributed by atoms with Gasteiger partial charge < -0.3 is 10.0 Å². The zero-order chi connectivity index (χ0) is 29.6. The van der Waals surface area contributed by atoms with E-state index in [4.69, 9.17) is 4.98 Å². The number of aryl methyl sites for hydroxylation is 2. The summed E-state index contributed by atoms with van der Waals surface area (Å²) in [6.45, 7) is 13.6. The molecule has 3 heterocycles. The van der Waals surface area contributed by atoms with Gasteiger partial charge in [0, 0.05) is 36.9 Å². The first-order valence-corrected chi connectivity index (χ1v) is 17.0. The molecule has 0 unspecified atom stereocenters. The summed E-state index contributed by atoms with van der Waals surface area (Å²) in [6, 6.07) is 19.2. The van der Waals surface area contributed by atoms with Crippen molar-refractivity contribution >= 4 is 17.3 Å². The largest absolute Gasteiger partial charge is 0.480 e. The molecule has 3 atom stereocenters. The molecule has 0 saturated carbocycles. The van der Waals surface area contributed by atoms with E-state index in [1.807, 2.05) is 11.3 Å². The van der Waals surface area contributed by atoms with Crippen molar-refractivity contribution in [2.75, 3.05) is 32.7 Å². The van der Waals surface area contributed by atoms with E-state index < -0.39 is 12.0 Å². The highest BCUT2D eigenvalue weighted by atomic mass is 32.1. The molecule has 2 saturated heterocycles. The van der Waals surface area contributed by atoms with E-state index in [1.165, 1.54) is 45.1 Å². The monoisotopic (exact) mass is 587 g/mol. The molecule has 3 aromatic rings. The average molecular weight is 588 g/mol. The van der Waals surface area contributed by atoms with E-state index in [0.29, 0.717) is 17.8 Å². The Balaban J connectivity index is 1.27. The van der Waals surface area contributed by atoms with Gasteiger partial charge in [-0.25, -0.2) is 4.98 Å². The van der Waals surface area contributed by atoms with Crippen LogP contribution in [0.2, 0.25) is 0 Å². The highest BCUT2D eigenvalue weighted by Crippen LogP contribution is 2.39. The molecule has 226 valence electrons. The molecule has 2 fully saturated rings. The van der Waals surface area contributed by atoms with E-state index >= 15 is 0 Å². The zero-order valence-electron chi connectivity index (χ0n) is 26.0. The molecule has 5 rings (SSSR count). The van der Waals surface area contributed by atoms with Gasteiger partial charge >= 0.3 is 5.97 Å². The fourth-order valence-electron chi connectivity index (χ4n) is 7.53. The van der Waals surface area contributed by atoms with E-state index in [-0.39, 0.29) is 5.92 Å². The van der Waals surface area contributed by atoms with Crippen molar-refractivity contribution in [3.8, 4) is 0 Å². The summed E-state index contributed by atoms with van der Waals surface area (Å²) in [5, 5.41) is 11.5. The Morgan fingerprint density at radius 1 is 1.02 bits per heavy atom. The quantitative estimate of drug-likeness (QED) is 0.239. The third-order valence-electron chi connectivity index (χ3n) is 9.84. The van der Waals surface area contributed by atoms with Gasteiger partial charge in [-0.05, 0) is 68.2 Å². The molecule has 0 aliphatic carbocycles. The van der Waals surface area contributed by atoms with Crippen LogP contribution in [0, 0.1) is 18.8 Å². The third kappa shape index (κ3) is 7.15. The summed E-state index contributed by atoms with van der Waals surface area (Å²) in [5.41, 5.74) is 5.28. The highest BCUT2D eigenvalue weighted by molar-refractivity contribution is 7.11. The van der Waals surface area contributed by atoms with Crippen LogP contribution >= 0.6 is 11.3 Å². The van der Waals surface area contributed by atoms with Crippen LogP contribution in [-0.4, -0.2) is 64.6 Å². The molecule has 5 nitrogen and oxygen atoms in total. The number of piperidine rings is 1. The molecule has 0 bridgehead atoms. The normalized spacial score (nSPS) is 21.3. The summed E-state index contributed by atoms with van der Waals surface area (Å²) in [4.78, 5) is 24.1. The number of carboxylic acid groups (broad SMARTS) is 1. The smallest absolute Gasteiger partial charge is 0.321 e. The predicted molar refractivity (Wildman–Crippen MR) is 174 cm³/mol. The van der Waals surface area contributed by atoms with E-state index in [0.717, 1.165) is 58.4 Å². The number of aromatic nitrogens is 1.